The molecule has 2 saturated heterocycles. The van der Waals surface area contributed by atoms with Gasteiger partial charge in [0.15, 0.2) is 0 Å². The number of hydrogen-bond acceptors (Lipinski definition) is 6. The van der Waals surface area contributed by atoms with E-state index in [0.717, 1.165) is 31.4 Å². The first-order valence-corrected chi connectivity index (χ1v) is 11.3. The number of hydrogen-bond donors (Lipinski definition) is 2. The Kier molecular flexibility index (Phi) is 4.88. The molecule has 30 heavy (non-hydrogen) atoms. The van der Waals surface area contributed by atoms with Crippen molar-refractivity contribution < 1.29 is 24.5 Å². The Balaban J connectivity index is 1.26. The number of aliphatic hydroxyl groups excluding tert-OH is 1. The summed E-state index contributed by atoms with van der Waals surface area (Å²) in [6.45, 7) is 4.27. The van der Waals surface area contributed by atoms with Crippen LogP contribution in [0.5, 0.6) is 5.75 Å². The monoisotopic (exact) mass is 415 g/mol. The first-order chi connectivity index (χ1) is 14.3. The fraction of sp³-hybridized carbons (Fsp3) is 0.708. The highest BCUT2D eigenvalue weighted by Gasteiger charge is 2.65. The molecule has 2 aliphatic carbocycles. The van der Waals surface area contributed by atoms with Crippen LogP contribution in [0.2, 0.25) is 0 Å². The molecule has 2 aliphatic heterocycles. The molecule has 6 nitrogen and oxygen atoms in total. The van der Waals surface area contributed by atoms with Gasteiger partial charge in [-0.2, -0.15) is 0 Å². The number of aliphatic hydroxyl groups is 1. The lowest BCUT2D eigenvalue weighted by atomic mass is 9.53. The molecule has 0 radical (unpaired) electrons. The van der Waals surface area contributed by atoms with Crippen molar-refractivity contribution in [2.45, 2.75) is 56.8 Å². The summed E-state index contributed by atoms with van der Waals surface area (Å²) in [5.74, 6) is 0.717. The maximum absolute atomic E-state index is 12.8. The molecule has 0 aromatic heterocycles. The van der Waals surface area contributed by atoms with E-state index in [2.05, 4.69) is 6.92 Å². The van der Waals surface area contributed by atoms with E-state index in [1.807, 2.05) is 11.9 Å². The van der Waals surface area contributed by atoms with Crippen molar-refractivity contribution in [1.82, 2.24) is 4.90 Å². The summed E-state index contributed by atoms with van der Waals surface area (Å²) in [6, 6.07) is 6.62. The fourth-order valence-corrected chi connectivity index (χ4v) is 6.67. The lowest BCUT2D eigenvalue weighted by Gasteiger charge is -2.51. The molecule has 164 valence electrons. The zero-order valence-electron chi connectivity index (χ0n) is 17.9. The minimum atomic E-state index is -0.667. The molecular formula is C24H33NO5. The molecule has 4 aliphatic rings. The van der Waals surface area contributed by atoms with Gasteiger partial charge in [-0.1, -0.05) is 19.1 Å². The summed E-state index contributed by atoms with van der Waals surface area (Å²) in [7, 11) is 1.95. The van der Waals surface area contributed by atoms with Crippen LogP contribution in [0, 0.1) is 23.2 Å². The molecule has 0 unspecified atom stereocenters. The SMILES string of the molecule is CN(C[C@@H]1C(=O)O[C@@H]2C[C@@]3(C)CCC[C@@]4(CO4)[C@@H]3C[C@H]12)C[C@H](O)c1ccc(O)cc1. The molecule has 1 aromatic carbocycles. The molecule has 1 spiro atoms. The number of ether oxygens (including phenoxy) is 2. The lowest BCUT2D eigenvalue weighted by molar-refractivity contribution is -0.147. The van der Waals surface area contributed by atoms with Crippen LogP contribution in [0.25, 0.3) is 0 Å². The van der Waals surface area contributed by atoms with Crippen molar-refractivity contribution in [3.8, 4) is 5.75 Å². The number of nitrogens with zero attached hydrogens (tertiary/aromatic N) is 1. The summed E-state index contributed by atoms with van der Waals surface area (Å²) in [5.41, 5.74) is 1.04. The average Bonchev–Trinajstić information content (AvgIpc) is 3.40. The molecule has 2 N–H and O–H groups in total. The molecule has 4 fully saturated rings. The highest BCUT2D eigenvalue weighted by atomic mass is 16.6. The highest BCUT2D eigenvalue weighted by Crippen LogP contribution is 2.62. The van der Waals surface area contributed by atoms with E-state index in [9.17, 15) is 15.0 Å². The van der Waals surface area contributed by atoms with E-state index in [-0.39, 0.29) is 40.7 Å². The number of likely N-dealkylation sites (N-methyl/N-ethyl adjacent to an activating group) is 1. The molecule has 0 bridgehead atoms. The Morgan fingerprint density at radius 2 is 2.00 bits per heavy atom. The third kappa shape index (κ3) is 3.43. The average molecular weight is 416 g/mol. The Hall–Kier alpha value is -1.63. The second kappa shape index (κ2) is 7.21. The Morgan fingerprint density at radius 3 is 2.70 bits per heavy atom. The predicted octanol–water partition coefficient (Wildman–Crippen LogP) is 2.88. The Bertz CT molecular complexity index is 806. The van der Waals surface area contributed by atoms with Crippen molar-refractivity contribution >= 4 is 5.97 Å². The van der Waals surface area contributed by atoms with Crippen LogP contribution in [0.15, 0.2) is 24.3 Å². The van der Waals surface area contributed by atoms with Gasteiger partial charge in [-0.25, -0.2) is 0 Å². The molecule has 7 atom stereocenters. The molecule has 6 heteroatoms. The number of phenolic OH excluding ortho intramolecular Hbond substituents is 1. The van der Waals surface area contributed by atoms with Crippen LogP contribution in [0.4, 0.5) is 0 Å². The highest BCUT2D eigenvalue weighted by molar-refractivity contribution is 5.75. The number of esters is 1. The van der Waals surface area contributed by atoms with Crippen LogP contribution in [0.3, 0.4) is 0 Å². The number of fused-ring (bicyclic) bond motifs is 3. The van der Waals surface area contributed by atoms with Gasteiger partial charge in [0.05, 0.1) is 24.2 Å². The summed E-state index contributed by atoms with van der Waals surface area (Å²) < 4.78 is 11.9. The van der Waals surface area contributed by atoms with Crippen molar-refractivity contribution in [3.05, 3.63) is 29.8 Å². The van der Waals surface area contributed by atoms with Crippen molar-refractivity contribution in [1.29, 1.82) is 0 Å². The van der Waals surface area contributed by atoms with E-state index in [0.29, 0.717) is 19.0 Å². The topological polar surface area (TPSA) is 82.5 Å². The van der Waals surface area contributed by atoms with Gasteiger partial charge in [0.1, 0.15) is 11.9 Å². The van der Waals surface area contributed by atoms with Gasteiger partial charge in [-0.3, -0.25) is 4.79 Å². The third-order valence-electron chi connectivity index (χ3n) is 8.35. The number of phenols is 1. The predicted molar refractivity (Wildman–Crippen MR) is 111 cm³/mol. The molecule has 2 saturated carbocycles. The Labute approximate surface area is 178 Å². The summed E-state index contributed by atoms with van der Waals surface area (Å²) in [4.78, 5) is 14.8. The maximum Gasteiger partial charge on any atom is 0.310 e. The molecule has 0 amide bonds. The smallest absolute Gasteiger partial charge is 0.310 e. The van der Waals surface area contributed by atoms with Gasteiger partial charge >= 0.3 is 5.97 Å². The number of carbonyl (C=O) groups is 1. The van der Waals surface area contributed by atoms with Gasteiger partial charge in [0, 0.05) is 19.0 Å². The normalized spacial score (nSPS) is 40.7. The van der Waals surface area contributed by atoms with Crippen LogP contribution in [-0.2, 0) is 14.3 Å². The number of rotatable bonds is 5. The molecule has 1 aromatic rings. The van der Waals surface area contributed by atoms with Gasteiger partial charge in [0.25, 0.3) is 0 Å². The minimum Gasteiger partial charge on any atom is -0.508 e. The summed E-state index contributed by atoms with van der Waals surface area (Å²) in [6.07, 6.45) is 4.88. The maximum atomic E-state index is 12.8. The van der Waals surface area contributed by atoms with Crippen LogP contribution >= 0.6 is 0 Å². The van der Waals surface area contributed by atoms with Crippen molar-refractivity contribution in [2.24, 2.45) is 23.2 Å². The summed E-state index contributed by atoms with van der Waals surface area (Å²) in [5, 5.41) is 20.0. The van der Waals surface area contributed by atoms with Crippen molar-refractivity contribution in [2.75, 3.05) is 26.7 Å². The molecule has 2 heterocycles. The quantitative estimate of drug-likeness (QED) is 0.568. The number of benzene rings is 1. The standard InChI is InChI=1S/C24H33NO5/c1-23-8-3-9-24(14-29-24)21(23)10-17-18(22(28)30-20(17)11-23)12-25(2)13-19(27)15-4-6-16(26)7-5-15/h4-7,17-21,26-27H,3,8-14H2,1-2H3/t17-,18+,19+,20-,21-,23-,24-/m1/s1. The number of epoxide rings is 1. The van der Waals surface area contributed by atoms with Gasteiger partial charge < -0.3 is 24.6 Å². The second-order valence-corrected chi connectivity index (χ2v) is 10.4. The second-order valence-electron chi connectivity index (χ2n) is 10.4. The molecular weight excluding hydrogens is 382 g/mol. The van der Waals surface area contributed by atoms with Gasteiger partial charge in [-0.15, -0.1) is 0 Å². The van der Waals surface area contributed by atoms with E-state index in [4.69, 9.17) is 9.47 Å². The van der Waals surface area contributed by atoms with E-state index in [1.54, 1.807) is 24.3 Å². The lowest BCUT2D eigenvalue weighted by Crippen LogP contribution is -2.51. The fourth-order valence-electron chi connectivity index (χ4n) is 6.67. The minimum absolute atomic E-state index is 0.0214. The van der Waals surface area contributed by atoms with Crippen LogP contribution in [0.1, 0.15) is 50.7 Å². The third-order valence-corrected chi connectivity index (χ3v) is 8.35. The van der Waals surface area contributed by atoms with Crippen molar-refractivity contribution in [3.63, 3.8) is 0 Å². The number of aromatic hydroxyl groups is 1. The van der Waals surface area contributed by atoms with E-state index >= 15 is 0 Å². The number of carbonyl (C=O) groups excluding carboxylic acids is 1. The van der Waals surface area contributed by atoms with E-state index < -0.39 is 6.10 Å². The summed E-state index contributed by atoms with van der Waals surface area (Å²) >= 11 is 0. The van der Waals surface area contributed by atoms with Gasteiger partial charge in [-0.05, 0) is 68.2 Å². The first kappa shape index (κ1) is 20.3. The van der Waals surface area contributed by atoms with E-state index in [1.165, 1.54) is 12.8 Å². The van der Waals surface area contributed by atoms with Crippen LogP contribution in [-0.4, -0.2) is 59.5 Å². The Morgan fingerprint density at radius 1 is 1.27 bits per heavy atom. The van der Waals surface area contributed by atoms with Crippen LogP contribution < -0.4 is 0 Å². The first-order valence-electron chi connectivity index (χ1n) is 11.3. The zero-order valence-corrected chi connectivity index (χ0v) is 17.9. The zero-order chi connectivity index (χ0) is 21.1. The largest absolute Gasteiger partial charge is 0.508 e. The van der Waals surface area contributed by atoms with Gasteiger partial charge in [0.2, 0.25) is 0 Å². The molecule has 5 rings (SSSR count).